The van der Waals surface area contributed by atoms with Gasteiger partial charge in [-0.1, -0.05) is 36.4 Å². The van der Waals surface area contributed by atoms with E-state index in [4.69, 9.17) is 0 Å². The predicted molar refractivity (Wildman–Crippen MR) is 128 cm³/mol. The summed E-state index contributed by atoms with van der Waals surface area (Å²) in [6, 6.07) is 16.3. The Morgan fingerprint density at radius 3 is 2.77 bits per heavy atom. The Bertz CT molecular complexity index is 1460. The molecule has 2 aromatic carbocycles. The van der Waals surface area contributed by atoms with Crippen molar-refractivity contribution >= 4 is 29.2 Å². The number of imide groups is 1. The number of benzene rings is 2. The number of imidazole rings is 1. The molecule has 1 aliphatic heterocycles. The van der Waals surface area contributed by atoms with Gasteiger partial charge in [-0.15, -0.1) is 0 Å². The van der Waals surface area contributed by atoms with E-state index in [9.17, 15) is 18.8 Å². The molecule has 4 aromatic rings. The molecule has 4 amide bonds. The number of hydrogen-bond acceptors (Lipinski definition) is 4. The molecule has 1 atom stereocenters. The van der Waals surface area contributed by atoms with E-state index in [0.717, 1.165) is 27.4 Å². The SMILES string of the molecule is Cc1cccn2cc(-c3cccc(NC(=O)C4CNC(=O)N(Cc5ccccc5F)C4=O)c3)nc12. The van der Waals surface area contributed by atoms with Crippen molar-refractivity contribution < 1.29 is 18.8 Å². The zero-order chi connectivity index (χ0) is 24.5. The number of rotatable bonds is 5. The third-order valence-corrected chi connectivity index (χ3v) is 5.97. The minimum absolute atomic E-state index is 0.136. The van der Waals surface area contributed by atoms with Gasteiger partial charge in [0.05, 0.1) is 12.2 Å². The maximum absolute atomic E-state index is 14.1. The molecular formula is C26H22FN5O3. The number of fused-ring (bicyclic) bond motifs is 1. The van der Waals surface area contributed by atoms with E-state index in [1.807, 2.05) is 41.9 Å². The molecule has 35 heavy (non-hydrogen) atoms. The summed E-state index contributed by atoms with van der Waals surface area (Å²) in [5.41, 5.74) is 4.11. The minimum atomic E-state index is -1.14. The first-order valence-corrected chi connectivity index (χ1v) is 11.1. The van der Waals surface area contributed by atoms with Crippen molar-refractivity contribution in [1.29, 1.82) is 0 Å². The highest BCUT2D eigenvalue weighted by molar-refractivity contribution is 6.12. The average molecular weight is 471 g/mol. The second-order valence-electron chi connectivity index (χ2n) is 8.37. The molecule has 9 heteroatoms. The number of aromatic nitrogens is 2. The number of carbonyl (C=O) groups is 3. The summed E-state index contributed by atoms with van der Waals surface area (Å²) < 4.78 is 16.0. The van der Waals surface area contributed by atoms with Crippen LogP contribution in [0.25, 0.3) is 16.9 Å². The predicted octanol–water partition coefficient (Wildman–Crippen LogP) is 3.76. The Labute approximate surface area is 200 Å². The molecule has 0 aliphatic carbocycles. The lowest BCUT2D eigenvalue weighted by Gasteiger charge is -2.30. The molecular weight excluding hydrogens is 449 g/mol. The second-order valence-corrected chi connectivity index (χ2v) is 8.37. The van der Waals surface area contributed by atoms with Crippen molar-refractivity contribution in [2.24, 2.45) is 5.92 Å². The molecule has 1 fully saturated rings. The highest BCUT2D eigenvalue weighted by atomic mass is 19.1. The molecule has 2 aromatic heterocycles. The molecule has 1 aliphatic rings. The van der Waals surface area contributed by atoms with Crippen LogP contribution in [0, 0.1) is 18.7 Å². The van der Waals surface area contributed by atoms with Gasteiger partial charge in [-0.3, -0.25) is 14.5 Å². The van der Waals surface area contributed by atoms with Gasteiger partial charge in [0.15, 0.2) is 0 Å². The first kappa shape index (κ1) is 22.3. The highest BCUT2D eigenvalue weighted by Gasteiger charge is 2.38. The molecule has 2 N–H and O–H groups in total. The number of nitrogens with one attached hydrogen (secondary N) is 2. The maximum atomic E-state index is 14.1. The summed E-state index contributed by atoms with van der Waals surface area (Å²) >= 11 is 0. The summed E-state index contributed by atoms with van der Waals surface area (Å²) in [5, 5.41) is 5.31. The lowest BCUT2D eigenvalue weighted by Crippen LogP contribution is -2.57. The summed E-state index contributed by atoms with van der Waals surface area (Å²) in [5.74, 6) is -2.90. The van der Waals surface area contributed by atoms with Gasteiger partial charge in [-0.05, 0) is 36.8 Å². The van der Waals surface area contributed by atoms with E-state index in [0.29, 0.717) is 5.69 Å². The highest BCUT2D eigenvalue weighted by Crippen LogP contribution is 2.24. The van der Waals surface area contributed by atoms with Crippen molar-refractivity contribution in [1.82, 2.24) is 19.6 Å². The van der Waals surface area contributed by atoms with Crippen LogP contribution in [-0.4, -0.2) is 38.7 Å². The molecule has 1 saturated heterocycles. The Balaban J connectivity index is 1.33. The van der Waals surface area contributed by atoms with E-state index in [1.54, 1.807) is 24.3 Å². The fourth-order valence-electron chi connectivity index (χ4n) is 4.09. The fourth-order valence-corrected chi connectivity index (χ4v) is 4.09. The lowest BCUT2D eigenvalue weighted by molar-refractivity contribution is -0.139. The zero-order valence-electron chi connectivity index (χ0n) is 18.9. The topological polar surface area (TPSA) is 95.8 Å². The number of amides is 4. The van der Waals surface area contributed by atoms with E-state index >= 15 is 0 Å². The van der Waals surface area contributed by atoms with Crippen molar-refractivity contribution in [3.63, 3.8) is 0 Å². The summed E-state index contributed by atoms with van der Waals surface area (Å²) in [7, 11) is 0. The van der Waals surface area contributed by atoms with Crippen LogP contribution in [0.2, 0.25) is 0 Å². The van der Waals surface area contributed by atoms with E-state index in [-0.39, 0.29) is 18.7 Å². The van der Waals surface area contributed by atoms with Crippen LogP contribution in [0.1, 0.15) is 11.1 Å². The van der Waals surface area contributed by atoms with Crippen LogP contribution in [0.3, 0.4) is 0 Å². The molecule has 0 radical (unpaired) electrons. The Morgan fingerprint density at radius 2 is 1.97 bits per heavy atom. The van der Waals surface area contributed by atoms with E-state index in [2.05, 4.69) is 15.6 Å². The maximum Gasteiger partial charge on any atom is 0.324 e. The second kappa shape index (κ2) is 9.02. The minimum Gasteiger partial charge on any atom is -0.336 e. The van der Waals surface area contributed by atoms with Gasteiger partial charge in [0.25, 0.3) is 0 Å². The Morgan fingerprint density at radius 1 is 1.14 bits per heavy atom. The molecule has 0 spiro atoms. The first-order chi connectivity index (χ1) is 16.9. The third kappa shape index (κ3) is 4.35. The molecule has 176 valence electrons. The molecule has 1 unspecified atom stereocenters. The van der Waals surface area contributed by atoms with Gasteiger partial charge in [-0.2, -0.15) is 0 Å². The Kier molecular flexibility index (Phi) is 5.74. The van der Waals surface area contributed by atoms with Crippen molar-refractivity contribution in [3.05, 3.63) is 90.0 Å². The van der Waals surface area contributed by atoms with Crippen LogP contribution in [-0.2, 0) is 16.1 Å². The summed E-state index contributed by atoms with van der Waals surface area (Å²) in [4.78, 5) is 43.8. The van der Waals surface area contributed by atoms with Crippen LogP contribution in [0.15, 0.2) is 73.1 Å². The molecule has 3 heterocycles. The van der Waals surface area contributed by atoms with Crippen molar-refractivity contribution in [3.8, 4) is 11.3 Å². The van der Waals surface area contributed by atoms with Crippen LogP contribution < -0.4 is 10.6 Å². The van der Waals surface area contributed by atoms with Gasteiger partial charge < -0.3 is 15.0 Å². The average Bonchev–Trinajstić information content (AvgIpc) is 3.29. The number of carbonyl (C=O) groups excluding carboxylic acids is 3. The van der Waals surface area contributed by atoms with Gasteiger partial charge >= 0.3 is 6.03 Å². The first-order valence-electron chi connectivity index (χ1n) is 11.1. The number of urea groups is 1. The molecule has 0 bridgehead atoms. The van der Waals surface area contributed by atoms with Gasteiger partial charge in [0.1, 0.15) is 17.4 Å². The largest absolute Gasteiger partial charge is 0.336 e. The van der Waals surface area contributed by atoms with E-state index < -0.39 is 29.6 Å². The number of nitrogens with zero attached hydrogens (tertiary/aromatic N) is 3. The van der Waals surface area contributed by atoms with E-state index in [1.165, 1.54) is 18.2 Å². The Hall–Kier alpha value is -4.53. The third-order valence-electron chi connectivity index (χ3n) is 5.97. The van der Waals surface area contributed by atoms with Crippen LogP contribution in [0.5, 0.6) is 0 Å². The fraction of sp³-hybridized carbons (Fsp3) is 0.154. The zero-order valence-corrected chi connectivity index (χ0v) is 18.9. The smallest absolute Gasteiger partial charge is 0.324 e. The van der Waals surface area contributed by atoms with Gasteiger partial charge in [-0.25, -0.2) is 14.2 Å². The standard InChI is InChI=1S/C26H22FN5O3/c1-16-6-5-11-31-15-22(30-23(16)31)17-8-4-9-19(12-17)29-24(33)20-13-28-26(35)32(25(20)34)14-18-7-2-3-10-21(18)27/h2-12,15,20H,13-14H2,1H3,(H,28,35)(H,29,33). The monoisotopic (exact) mass is 471 g/mol. The summed E-state index contributed by atoms with van der Waals surface area (Å²) in [6.07, 6.45) is 3.82. The lowest BCUT2D eigenvalue weighted by atomic mass is 10.0. The normalized spacial score (nSPS) is 15.8. The summed E-state index contributed by atoms with van der Waals surface area (Å²) in [6.45, 7) is 1.59. The number of aryl methyl sites for hydroxylation is 1. The molecule has 8 nitrogen and oxygen atoms in total. The van der Waals surface area contributed by atoms with Crippen molar-refractivity contribution in [2.45, 2.75) is 13.5 Å². The number of pyridine rings is 1. The van der Waals surface area contributed by atoms with Crippen LogP contribution in [0.4, 0.5) is 14.9 Å². The number of halogens is 1. The molecule has 0 saturated carbocycles. The number of hydrogen-bond donors (Lipinski definition) is 2. The molecule has 5 rings (SSSR count). The van der Waals surface area contributed by atoms with Crippen molar-refractivity contribution in [2.75, 3.05) is 11.9 Å². The van der Waals surface area contributed by atoms with Crippen LogP contribution >= 0.6 is 0 Å². The van der Waals surface area contributed by atoms with Gasteiger partial charge in [0.2, 0.25) is 11.8 Å². The quantitative estimate of drug-likeness (QED) is 0.434. The van der Waals surface area contributed by atoms with Gasteiger partial charge in [0, 0.05) is 35.8 Å². The number of anilines is 1.